The Balaban J connectivity index is 1.97. The number of benzene rings is 1. The third kappa shape index (κ3) is 4.80. The van der Waals surface area contributed by atoms with E-state index in [-0.39, 0.29) is 0 Å². The fourth-order valence-electron chi connectivity index (χ4n) is 1.98. The maximum atomic E-state index is 4.60. The van der Waals surface area contributed by atoms with Crippen molar-refractivity contribution < 1.29 is 0 Å². The molecule has 2 rings (SSSR count). The van der Waals surface area contributed by atoms with E-state index in [2.05, 4.69) is 69.0 Å². The van der Waals surface area contributed by atoms with Crippen LogP contribution in [0.25, 0.3) is 0 Å². The summed E-state index contributed by atoms with van der Waals surface area (Å²) < 4.78 is 2.12. The minimum Gasteiger partial charge on any atom is -0.334 e. The van der Waals surface area contributed by atoms with Gasteiger partial charge in [0.05, 0.1) is 12.2 Å². The molecule has 1 N–H and O–H groups in total. The quantitative estimate of drug-likeness (QED) is 0.699. The van der Waals surface area contributed by atoms with Crippen LogP contribution in [0, 0.1) is 5.41 Å². The van der Waals surface area contributed by atoms with Gasteiger partial charge in [0.25, 0.3) is 0 Å². The van der Waals surface area contributed by atoms with Crippen LogP contribution < -0.4 is 5.32 Å². The highest BCUT2D eigenvalue weighted by Gasteiger charge is 2.25. The van der Waals surface area contributed by atoms with E-state index in [1.807, 2.05) is 23.9 Å². The van der Waals surface area contributed by atoms with Crippen LogP contribution >= 0.6 is 43.6 Å². The van der Waals surface area contributed by atoms with Crippen LogP contribution in [0.15, 0.2) is 32.1 Å². The van der Waals surface area contributed by atoms with Crippen molar-refractivity contribution in [2.24, 2.45) is 10.4 Å². The van der Waals surface area contributed by atoms with Gasteiger partial charge in [-0.3, -0.25) is 4.99 Å². The van der Waals surface area contributed by atoms with Crippen molar-refractivity contribution >= 4 is 54.5 Å². The molecule has 1 aromatic carbocycles. The van der Waals surface area contributed by atoms with E-state index in [1.54, 1.807) is 0 Å². The number of thioether (sulfide) groups is 1. The molecule has 0 saturated heterocycles. The van der Waals surface area contributed by atoms with Crippen molar-refractivity contribution in [3.05, 3.63) is 27.1 Å². The molecular weight excluding hydrogens is 388 g/mol. The van der Waals surface area contributed by atoms with E-state index in [0.29, 0.717) is 10.7 Å². The summed E-state index contributed by atoms with van der Waals surface area (Å²) in [6, 6.07) is 6.10. The highest BCUT2D eigenvalue weighted by atomic mass is 79.9. The minimum absolute atomic E-state index is 0.360. The van der Waals surface area contributed by atoms with Gasteiger partial charge in [0.15, 0.2) is 5.17 Å². The first-order valence-corrected chi connectivity index (χ1v) is 8.73. The van der Waals surface area contributed by atoms with Crippen molar-refractivity contribution in [2.45, 2.75) is 32.4 Å². The lowest BCUT2D eigenvalue weighted by Crippen LogP contribution is -2.16. The largest absolute Gasteiger partial charge is 0.334 e. The SMILES string of the molecule is CC(C)(C)CC1CN=C(Nc2cc(Br)ccc2Br)S1. The first-order valence-electron chi connectivity index (χ1n) is 6.27. The van der Waals surface area contributed by atoms with Gasteiger partial charge in [-0.2, -0.15) is 0 Å². The predicted molar refractivity (Wildman–Crippen MR) is 93.2 cm³/mol. The van der Waals surface area contributed by atoms with Crippen molar-refractivity contribution in [2.75, 3.05) is 11.9 Å². The summed E-state index contributed by atoms with van der Waals surface area (Å²) in [5.41, 5.74) is 1.41. The number of nitrogens with one attached hydrogen (secondary N) is 1. The highest BCUT2D eigenvalue weighted by molar-refractivity contribution is 9.11. The molecule has 0 bridgehead atoms. The van der Waals surface area contributed by atoms with Gasteiger partial charge in [0, 0.05) is 14.2 Å². The molecule has 0 radical (unpaired) electrons. The van der Waals surface area contributed by atoms with Crippen molar-refractivity contribution in [3.63, 3.8) is 0 Å². The maximum Gasteiger partial charge on any atom is 0.161 e. The van der Waals surface area contributed by atoms with E-state index >= 15 is 0 Å². The Hall–Kier alpha value is -0.000000000000000111. The number of rotatable bonds is 2. The third-order valence-corrected chi connectivity index (χ3v) is 5.02. The smallest absolute Gasteiger partial charge is 0.161 e. The van der Waals surface area contributed by atoms with E-state index < -0.39 is 0 Å². The Morgan fingerprint density at radius 1 is 1.37 bits per heavy atom. The number of aliphatic imine (C=N–C) groups is 1. The van der Waals surface area contributed by atoms with Gasteiger partial charge in [0.1, 0.15) is 0 Å². The van der Waals surface area contributed by atoms with Crippen LogP contribution in [0.4, 0.5) is 5.69 Å². The summed E-state index contributed by atoms with van der Waals surface area (Å²) in [5, 5.41) is 5.01. The van der Waals surface area contributed by atoms with Crippen LogP contribution in [0.1, 0.15) is 27.2 Å². The topological polar surface area (TPSA) is 24.4 Å². The lowest BCUT2D eigenvalue weighted by molar-refractivity contribution is 0.375. The van der Waals surface area contributed by atoms with Crippen LogP contribution in [0.3, 0.4) is 0 Å². The zero-order chi connectivity index (χ0) is 14.0. The van der Waals surface area contributed by atoms with Crippen LogP contribution in [-0.4, -0.2) is 17.0 Å². The van der Waals surface area contributed by atoms with Gasteiger partial charge < -0.3 is 5.32 Å². The van der Waals surface area contributed by atoms with Crippen LogP contribution in [-0.2, 0) is 0 Å². The normalized spacial score (nSPS) is 19.4. The van der Waals surface area contributed by atoms with Gasteiger partial charge in [-0.25, -0.2) is 0 Å². The Bertz CT molecular complexity index is 495. The fraction of sp³-hybridized carbons (Fsp3) is 0.500. The van der Waals surface area contributed by atoms with Crippen LogP contribution in [0.2, 0.25) is 0 Å². The summed E-state index contributed by atoms with van der Waals surface area (Å²) in [6.07, 6.45) is 1.19. The van der Waals surface area contributed by atoms with Gasteiger partial charge in [-0.15, -0.1) is 0 Å². The van der Waals surface area contributed by atoms with E-state index in [0.717, 1.165) is 26.3 Å². The summed E-state index contributed by atoms with van der Waals surface area (Å²) >= 11 is 8.89. The summed E-state index contributed by atoms with van der Waals surface area (Å²) in [4.78, 5) is 4.60. The van der Waals surface area contributed by atoms with Gasteiger partial charge in [-0.1, -0.05) is 48.5 Å². The van der Waals surface area contributed by atoms with Gasteiger partial charge in [-0.05, 0) is 46.0 Å². The lowest BCUT2D eigenvalue weighted by atomic mass is 9.90. The first kappa shape index (κ1) is 15.4. The average molecular weight is 406 g/mol. The number of amidine groups is 1. The summed E-state index contributed by atoms with van der Waals surface area (Å²) in [5.74, 6) is 0. The Labute approximate surface area is 136 Å². The monoisotopic (exact) mass is 404 g/mol. The molecule has 0 saturated carbocycles. The zero-order valence-corrected chi connectivity index (χ0v) is 15.3. The second kappa shape index (κ2) is 6.19. The second-order valence-electron chi connectivity index (χ2n) is 5.90. The summed E-state index contributed by atoms with van der Waals surface area (Å²) in [6.45, 7) is 7.76. The van der Waals surface area contributed by atoms with Gasteiger partial charge >= 0.3 is 0 Å². The number of hydrogen-bond acceptors (Lipinski definition) is 3. The fourth-order valence-corrected chi connectivity index (χ4v) is 4.06. The van der Waals surface area contributed by atoms with Crippen LogP contribution in [0.5, 0.6) is 0 Å². The van der Waals surface area contributed by atoms with E-state index in [4.69, 9.17) is 0 Å². The lowest BCUT2D eigenvalue weighted by Gasteiger charge is -2.21. The molecule has 5 heteroatoms. The molecule has 1 aliphatic heterocycles. The molecule has 1 atom stereocenters. The van der Waals surface area contributed by atoms with Gasteiger partial charge in [0.2, 0.25) is 0 Å². The van der Waals surface area contributed by atoms with Crippen molar-refractivity contribution in [1.82, 2.24) is 0 Å². The molecule has 0 aromatic heterocycles. The molecule has 0 spiro atoms. The molecule has 1 unspecified atom stereocenters. The Morgan fingerprint density at radius 3 is 2.79 bits per heavy atom. The molecule has 19 heavy (non-hydrogen) atoms. The number of hydrogen-bond donors (Lipinski definition) is 1. The minimum atomic E-state index is 0.360. The molecule has 1 aliphatic rings. The second-order valence-corrected chi connectivity index (χ2v) is 8.96. The number of anilines is 1. The zero-order valence-electron chi connectivity index (χ0n) is 11.3. The maximum absolute atomic E-state index is 4.60. The first-order chi connectivity index (χ1) is 8.83. The number of nitrogens with zero attached hydrogens (tertiary/aromatic N) is 1. The molecule has 1 aromatic rings. The molecule has 0 aliphatic carbocycles. The Morgan fingerprint density at radius 2 is 2.11 bits per heavy atom. The molecule has 1 heterocycles. The highest BCUT2D eigenvalue weighted by Crippen LogP contribution is 2.34. The molecule has 104 valence electrons. The summed E-state index contributed by atoms with van der Waals surface area (Å²) in [7, 11) is 0. The third-order valence-electron chi connectivity index (χ3n) is 2.73. The predicted octanol–water partition coefficient (Wildman–Crippen LogP) is 5.53. The van der Waals surface area contributed by atoms with E-state index in [1.165, 1.54) is 6.42 Å². The molecular formula is C14H18Br2N2S. The van der Waals surface area contributed by atoms with E-state index in [9.17, 15) is 0 Å². The van der Waals surface area contributed by atoms with Crippen molar-refractivity contribution in [3.8, 4) is 0 Å². The molecule has 2 nitrogen and oxygen atoms in total. The standard InChI is InChI=1S/C14H18Br2N2S/c1-14(2,3)7-10-8-17-13(19-10)18-12-6-9(15)4-5-11(12)16/h4-6,10H,7-8H2,1-3H3,(H,17,18). The Kier molecular flexibility index (Phi) is 5.01. The molecule has 0 amide bonds. The van der Waals surface area contributed by atoms with Crippen molar-refractivity contribution in [1.29, 1.82) is 0 Å². The number of halogens is 2. The average Bonchev–Trinajstić information content (AvgIpc) is 2.68. The molecule has 0 fully saturated rings.